The van der Waals surface area contributed by atoms with Crippen LogP contribution in [0.1, 0.15) is 17.2 Å². The van der Waals surface area contributed by atoms with Crippen LogP contribution in [0.15, 0.2) is 60.7 Å². The summed E-state index contributed by atoms with van der Waals surface area (Å²) in [5, 5.41) is 3.73. The summed E-state index contributed by atoms with van der Waals surface area (Å²) >= 11 is 12.4. The van der Waals surface area contributed by atoms with Crippen LogP contribution in [-0.4, -0.2) is 0 Å². The summed E-state index contributed by atoms with van der Waals surface area (Å²) in [5.41, 5.74) is 8.33. The molecule has 0 fully saturated rings. The second-order valence-electron chi connectivity index (χ2n) is 5.12. The summed E-state index contributed by atoms with van der Waals surface area (Å²) in [5.74, 6) is 0. The van der Waals surface area contributed by atoms with Gasteiger partial charge in [0, 0.05) is 16.1 Å². The van der Waals surface area contributed by atoms with Crippen molar-refractivity contribution < 1.29 is 0 Å². The average Bonchev–Trinajstić information content (AvgIpc) is 2.50. The molecule has 3 rings (SSSR count). The predicted octanol–water partition coefficient (Wildman–Crippen LogP) is 5.39. The fourth-order valence-electron chi connectivity index (χ4n) is 2.50. The molecule has 0 aromatic heterocycles. The van der Waals surface area contributed by atoms with Gasteiger partial charge in [-0.15, -0.1) is 0 Å². The molecule has 0 saturated carbocycles. The molecule has 2 N–H and O–H groups in total. The molecule has 1 atom stereocenters. The molecule has 0 amide bonds. The normalized spacial score (nSPS) is 12.5. The summed E-state index contributed by atoms with van der Waals surface area (Å²) in [4.78, 5) is 0. The monoisotopic (exact) mass is 315 g/mol. The molecular weight excluding hydrogens is 301 g/mol. The van der Waals surface area contributed by atoms with Crippen molar-refractivity contribution in [2.45, 2.75) is 12.5 Å². The first kappa shape index (κ1) is 14.4. The van der Waals surface area contributed by atoms with Gasteiger partial charge in [0.2, 0.25) is 0 Å². The number of hydrogen-bond donors (Lipinski definition) is 1. The van der Waals surface area contributed by atoms with Crippen LogP contribution in [0.5, 0.6) is 0 Å². The highest BCUT2D eigenvalue weighted by molar-refractivity contribution is 6.36. The first-order valence-corrected chi connectivity index (χ1v) is 7.58. The Hall–Kier alpha value is -1.54. The lowest BCUT2D eigenvalue weighted by Gasteiger charge is -2.15. The Morgan fingerprint density at radius 1 is 0.810 bits per heavy atom. The maximum atomic E-state index is 6.34. The molecule has 106 valence electrons. The van der Waals surface area contributed by atoms with Gasteiger partial charge in [-0.2, -0.15) is 0 Å². The highest BCUT2D eigenvalue weighted by Gasteiger charge is 2.12. The Labute approximate surface area is 134 Å². The molecular formula is C18H15Cl2N. The van der Waals surface area contributed by atoms with E-state index >= 15 is 0 Å². The van der Waals surface area contributed by atoms with E-state index in [1.165, 1.54) is 10.8 Å². The van der Waals surface area contributed by atoms with Gasteiger partial charge in [-0.3, -0.25) is 0 Å². The number of rotatable bonds is 3. The molecule has 1 nitrogen and oxygen atoms in total. The van der Waals surface area contributed by atoms with Crippen molar-refractivity contribution in [2.24, 2.45) is 5.73 Å². The van der Waals surface area contributed by atoms with Crippen LogP contribution in [0.4, 0.5) is 0 Å². The number of fused-ring (bicyclic) bond motifs is 1. The quantitative estimate of drug-likeness (QED) is 0.689. The van der Waals surface area contributed by atoms with Crippen LogP contribution in [0.2, 0.25) is 10.0 Å². The number of benzene rings is 3. The first-order chi connectivity index (χ1) is 10.1. The van der Waals surface area contributed by atoms with Gasteiger partial charge in [0.15, 0.2) is 0 Å². The van der Waals surface area contributed by atoms with Crippen LogP contribution in [-0.2, 0) is 6.42 Å². The van der Waals surface area contributed by atoms with Crippen LogP contribution < -0.4 is 5.73 Å². The van der Waals surface area contributed by atoms with Crippen LogP contribution in [0.25, 0.3) is 10.8 Å². The van der Waals surface area contributed by atoms with Crippen molar-refractivity contribution in [1.82, 2.24) is 0 Å². The minimum Gasteiger partial charge on any atom is -0.324 e. The molecule has 0 saturated heterocycles. The highest BCUT2D eigenvalue weighted by atomic mass is 35.5. The topological polar surface area (TPSA) is 26.0 Å². The van der Waals surface area contributed by atoms with Crippen LogP contribution in [0, 0.1) is 0 Å². The Kier molecular flexibility index (Phi) is 4.16. The molecule has 3 aromatic carbocycles. The molecule has 0 heterocycles. The smallest absolute Gasteiger partial charge is 0.0453 e. The van der Waals surface area contributed by atoms with E-state index in [0.717, 1.165) is 11.1 Å². The fraction of sp³-hybridized carbons (Fsp3) is 0.111. The van der Waals surface area contributed by atoms with Gasteiger partial charge < -0.3 is 5.73 Å². The Bertz CT molecular complexity index is 763. The SMILES string of the molecule is NC(Cc1c(Cl)cccc1Cl)c1ccc2ccccc2c1. The van der Waals surface area contributed by atoms with Crippen molar-refractivity contribution in [1.29, 1.82) is 0 Å². The Morgan fingerprint density at radius 3 is 2.19 bits per heavy atom. The second kappa shape index (κ2) is 6.07. The van der Waals surface area contributed by atoms with Crippen molar-refractivity contribution in [3.8, 4) is 0 Å². The molecule has 0 bridgehead atoms. The van der Waals surface area contributed by atoms with E-state index in [-0.39, 0.29) is 6.04 Å². The van der Waals surface area contributed by atoms with E-state index in [9.17, 15) is 0 Å². The van der Waals surface area contributed by atoms with Crippen molar-refractivity contribution >= 4 is 34.0 Å². The zero-order chi connectivity index (χ0) is 14.8. The Balaban J connectivity index is 1.91. The molecule has 0 aliphatic rings. The first-order valence-electron chi connectivity index (χ1n) is 6.82. The lowest BCUT2D eigenvalue weighted by Crippen LogP contribution is -2.13. The van der Waals surface area contributed by atoms with Gasteiger partial charge in [-0.1, -0.05) is 65.7 Å². The molecule has 0 aliphatic carbocycles. The summed E-state index contributed by atoms with van der Waals surface area (Å²) in [6.07, 6.45) is 0.622. The zero-order valence-corrected chi connectivity index (χ0v) is 12.9. The van der Waals surface area contributed by atoms with Gasteiger partial charge in [0.05, 0.1) is 0 Å². The molecule has 3 aromatic rings. The molecule has 21 heavy (non-hydrogen) atoms. The maximum Gasteiger partial charge on any atom is 0.0453 e. The number of halogens is 2. The van der Waals surface area contributed by atoms with E-state index in [1.54, 1.807) is 0 Å². The van der Waals surface area contributed by atoms with Gasteiger partial charge in [0.25, 0.3) is 0 Å². The van der Waals surface area contributed by atoms with E-state index in [1.807, 2.05) is 30.3 Å². The van der Waals surface area contributed by atoms with Gasteiger partial charge in [-0.05, 0) is 46.5 Å². The molecule has 0 radical (unpaired) electrons. The predicted molar refractivity (Wildman–Crippen MR) is 91.0 cm³/mol. The van der Waals surface area contributed by atoms with E-state index in [0.29, 0.717) is 16.5 Å². The molecule has 0 spiro atoms. The molecule has 1 unspecified atom stereocenters. The van der Waals surface area contributed by atoms with E-state index in [2.05, 4.69) is 30.3 Å². The summed E-state index contributed by atoms with van der Waals surface area (Å²) < 4.78 is 0. The second-order valence-corrected chi connectivity index (χ2v) is 5.93. The van der Waals surface area contributed by atoms with Crippen molar-refractivity contribution in [3.05, 3.63) is 81.8 Å². The molecule has 3 heteroatoms. The minimum absolute atomic E-state index is 0.132. The van der Waals surface area contributed by atoms with Crippen LogP contribution >= 0.6 is 23.2 Å². The van der Waals surface area contributed by atoms with Gasteiger partial charge in [0.1, 0.15) is 0 Å². The largest absolute Gasteiger partial charge is 0.324 e. The standard InChI is InChI=1S/C18H15Cl2N/c19-16-6-3-7-17(20)15(16)11-18(21)14-9-8-12-4-1-2-5-13(12)10-14/h1-10,18H,11,21H2. The lowest BCUT2D eigenvalue weighted by atomic mass is 9.97. The Morgan fingerprint density at radius 2 is 1.48 bits per heavy atom. The summed E-state index contributed by atoms with van der Waals surface area (Å²) in [7, 11) is 0. The third kappa shape index (κ3) is 3.06. The van der Waals surface area contributed by atoms with Crippen molar-refractivity contribution in [2.75, 3.05) is 0 Å². The zero-order valence-electron chi connectivity index (χ0n) is 11.4. The van der Waals surface area contributed by atoms with E-state index < -0.39 is 0 Å². The van der Waals surface area contributed by atoms with E-state index in [4.69, 9.17) is 28.9 Å². The minimum atomic E-state index is -0.132. The van der Waals surface area contributed by atoms with Crippen molar-refractivity contribution in [3.63, 3.8) is 0 Å². The average molecular weight is 316 g/mol. The van der Waals surface area contributed by atoms with Gasteiger partial charge in [-0.25, -0.2) is 0 Å². The lowest BCUT2D eigenvalue weighted by molar-refractivity contribution is 0.723. The third-order valence-corrected chi connectivity index (χ3v) is 4.40. The number of hydrogen-bond acceptors (Lipinski definition) is 1. The number of nitrogens with two attached hydrogens (primary N) is 1. The maximum absolute atomic E-state index is 6.34. The summed E-state index contributed by atoms with van der Waals surface area (Å²) in [6, 6.07) is 19.9. The fourth-order valence-corrected chi connectivity index (χ4v) is 3.06. The highest BCUT2D eigenvalue weighted by Crippen LogP contribution is 2.29. The summed E-state index contributed by atoms with van der Waals surface area (Å²) in [6.45, 7) is 0. The third-order valence-electron chi connectivity index (χ3n) is 3.69. The van der Waals surface area contributed by atoms with Gasteiger partial charge >= 0.3 is 0 Å². The van der Waals surface area contributed by atoms with Crippen LogP contribution in [0.3, 0.4) is 0 Å². The molecule has 0 aliphatic heterocycles.